The van der Waals surface area contributed by atoms with E-state index in [1.54, 1.807) is 42.5 Å². The summed E-state index contributed by atoms with van der Waals surface area (Å²) in [6.07, 6.45) is 0. The number of ether oxygens (including phenoxy) is 1. The fraction of sp³-hybridized carbons (Fsp3) is 0.192. The minimum Gasteiger partial charge on any atom is -0.439 e. The number of pyridine rings is 1. The van der Waals surface area contributed by atoms with E-state index in [0.29, 0.717) is 38.4 Å². The molecule has 36 heavy (non-hydrogen) atoms. The minimum absolute atomic E-state index is 0.159. The molecule has 2 aromatic heterocycles. The topological polar surface area (TPSA) is 117 Å². The largest absolute Gasteiger partial charge is 0.439 e. The van der Waals surface area contributed by atoms with E-state index in [1.807, 2.05) is 32.9 Å². The zero-order valence-electron chi connectivity index (χ0n) is 19.8. The van der Waals surface area contributed by atoms with Crippen LogP contribution in [0.5, 0.6) is 11.6 Å². The molecule has 2 N–H and O–H groups in total. The standard InChI is InChI=1S/C26H22ClN5O3S/c1-15-7-8-18(35-22-10-9-19-24(32-22)36-25(30-19)31-21(33)13-27)12-20(15)29-23(34)16-5-4-6-17(11-16)26(2,3)14-28/h4-12H,13H2,1-3H3,(H,29,34)(H,30,31,33). The Hall–Kier alpha value is -4.00. The van der Waals surface area contributed by atoms with Crippen molar-refractivity contribution in [3.05, 3.63) is 71.3 Å². The molecule has 0 aliphatic carbocycles. The van der Waals surface area contributed by atoms with E-state index in [2.05, 4.69) is 26.7 Å². The summed E-state index contributed by atoms with van der Waals surface area (Å²) in [6, 6.07) is 18.1. The van der Waals surface area contributed by atoms with Crippen LogP contribution in [0.2, 0.25) is 0 Å². The number of benzene rings is 2. The van der Waals surface area contributed by atoms with Crippen molar-refractivity contribution in [2.75, 3.05) is 16.5 Å². The number of amides is 2. The van der Waals surface area contributed by atoms with E-state index >= 15 is 0 Å². The van der Waals surface area contributed by atoms with Crippen LogP contribution in [0, 0.1) is 18.3 Å². The second-order valence-electron chi connectivity index (χ2n) is 8.53. The number of thiazole rings is 1. The third-order valence-electron chi connectivity index (χ3n) is 5.40. The van der Waals surface area contributed by atoms with Crippen molar-refractivity contribution in [1.82, 2.24) is 9.97 Å². The molecule has 0 bridgehead atoms. The average molecular weight is 520 g/mol. The number of nitrogens with zero attached hydrogens (tertiary/aromatic N) is 3. The summed E-state index contributed by atoms with van der Waals surface area (Å²) in [5, 5.41) is 15.4. The van der Waals surface area contributed by atoms with Crippen molar-refractivity contribution >= 4 is 55.9 Å². The van der Waals surface area contributed by atoms with Crippen LogP contribution in [0.15, 0.2) is 54.6 Å². The van der Waals surface area contributed by atoms with Crippen molar-refractivity contribution in [2.24, 2.45) is 0 Å². The Morgan fingerprint density at radius 1 is 1.11 bits per heavy atom. The number of anilines is 2. The van der Waals surface area contributed by atoms with Crippen molar-refractivity contribution in [3.8, 4) is 17.7 Å². The molecule has 182 valence electrons. The van der Waals surface area contributed by atoms with Gasteiger partial charge in [0.05, 0.1) is 11.5 Å². The minimum atomic E-state index is -0.706. The normalized spacial score (nSPS) is 11.1. The number of rotatable bonds is 7. The molecule has 0 unspecified atom stereocenters. The summed E-state index contributed by atoms with van der Waals surface area (Å²) < 4.78 is 5.93. The maximum absolute atomic E-state index is 13.0. The quantitative estimate of drug-likeness (QED) is 0.288. The summed E-state index contributed by atoms with van der Waals surface area (Å²) in [5.41, 5.74) is 2.58. The van der Waals surface area contributed by atoms with Gasteiger partial charge in [-0.2, -0.15) is 5.26 Å². The van der Waals surface area contributed by atoms with Gasteiger partial charge >= 0.3 is 0 Å². The van der Waals surface area contributed by atoms with Gasteiger partial charge in [-0.3, -0.25) is 9.59 Å². The fourth-order valence-corrected chi connectivity index (χ4v) is 4.20. The maximum atomic E-state index is 13.0. The van der Waals surface area contributed by atoms with Crippen molar-refractivity contribution < 1.29 is 14.3 Å². The fourth-order valence-electron chi connectivity index (χ4n) is 3.29. The number of hydrogen-bond donors (Lipinski definition) is 2. The van der Waals surface area contributed by atoms with Crippen LogP contribution in [0.25, 0.3) is 10.3 Å². The molecule has 8 nitrogen and oxygen atoms in total. The second kappa shape index (κ2) is 10.3. The Kier molecular flexibility index (Phi) is 7.20. The van der Waals surface area contributed by atoms with E-state index in [0.717, 1.165) is 11.1 Å². The SMILES string of the molecule is Cc1ccc(Oc2ccc3nc(NC(=O)CCl)sc3n2)cc1NC(=O)c1cccc(C(C)(C)C#N)c1. The van der Waals surface area contributed by atoms with Gasteiger partial charge in [0, 0.05) is 23.4 Å². The molecule has 0 aliphatic rings. The summed E-state index contributed by atoms with van der Waals surface area (Å²) in [4.78, 5) is 33.8. The zero-order valence-corrected chi connectivity index (χ0v) is 21.3. The first kappa shape index (κ1) is 25.1. The third-order valence-corrected chi connectivity index (χ3v) is 6.53. The molecule has 0 radical (unpaired) electrons. The number of nitriles is 1. The Balaban J connectivity index is 1.52. The lowest BCUT2D eigenvalue weighted by atomic mass is 9.85. The second-order valence-corrected chi connectivity index (χ2v) is 9.77. The molecule has 0 aliphatic heterocycles. The highest BCUT2D eigenvalue weighted by molar-refractivity contribution is 7.22. The third kappa shape index (κ3) is 5.62. The van der Waals surface area contributed by atoms with Gasteiger partial charge in [0.15, 0.2) is 5.13 Å². The number of carbonyl (C=O) groups is 2. The van der Waals surface area contributed by atoms with Gasteiger partial charge in [0.1, 0.15) is 22.0 Å². The predicted molar refractivity (Wildman–Crippen MR) is 141 cm³/mol. The van der Waals surface area contributed by atoms with Gasteiger partial charge in [0.2, 0.25) is 11.8 Å². The number of aryl methyl sites for hydroxylation is 1. The predicted octanol–water partition coefficient (Wildman–Crippen LogP) is 6.02. The van der Waals surface area contributed by atoms with Crippen LogP contribution in [-0.4, -0.2) is 27.7 Å². The van der Waals surface area contributed by atoms with Gasteiger partial charge in [-0.05, 0) is 56.2 Å². The summed E-state index contributed by atoms with van der Waals surface area (Å²) in [6.45, 7) is 5.50. The van der Waals surface area contributed by atoms with Crippen LogP contribution >= 0.6 is 22.9 Å². The van der Waals surface area contributed by atoms with Crippen LogP contribution in [0.4, 0.5) is 10.8 Å². The molecule has 0 saturated heterocycles. The number of halogens is 1. The van der Waals surface area contributed by atoms with Gasteiger partial charge < -0.3 is 15.4 Å². The van der Waals surface area contributed by atoms with E-state index in [-0.39, 0.29) is 17.7 Å². The highest BCUT2D eigenvalue weighted by atomic mass is 35.5. The molecule has 2 heterocycles. The molecule has 0 spiro atoms. The van der Waals surface area contributed by atoms with Crippen LogP contribution in [0.1, 0.15) is 35.3 Å². The Bertz CT molecular complexity index is 1510. The van der Waals surface area contributed by atoms with Crippen molar-refractivity contribution in [1.29, 1.82) is 5.26 Å². The average Bonchev–Trinajstić information content (AvgIpc) is 3.27. The number of hydrogen-bond acceptors (Lipinski definition) is 7. The van der Waals surface area contributed by atoms with Gasteiger partial charge in [-0.1, -0.05) is 29.5 Å². The van der Waals surface area contributed by atoms with E-state index < -0.39 is 5.41 Å². The Morgan fingerprint density at radius 3 is 2.67 bits per heavy atom. The molecule has 4 aromatic rings. The first-order valence-corrected chi connectivity index (χ1v) is 12.3. The molecular weight excluding hydrogens is 498 g/mol. The summed E-state index contributed by atoms with van der Waals surface area (Å²) >= 11 is 6.74. The van der Waals surface area contributed by atoms with Crippen LogP contribution in [0.3, 0.4) is 0 Å². The van der Waals surface area contributed by atoms with Gasteiger partial charge in [-0.15, -0.1) is 11.6 Å². The van der Waals surface area contributed by atoms with E-state index in [4.69, 9.17) is 16.3 Å². The monoisotopic (exact) mass is 519 g/mol. The number of aromatic nitrogens is 2. The molecular formula is C26H22ClN5O3S. The van der Waals surface area contributed by atoms with Crippen LogP contribution < -0.4 is 15.4 Å². The Labute approximate surface area is 216 Å². The lowest BCUT2D eigenvalue weighted by molar-refractivity contribution is -0.113. The van der Waals surface area contributed by atoms with Crippen molar-refractivity contribution in [2.45, 2.75) is 26.2 Å². The van der Waals surface area contributed by atoms with Crippen LogP contribution in [-0.2, 0) is 10.2 Å². The van der Waals surface area contributed by atoms with Gasteiger partial charge in [-0.25, -0.2) is 9.97 Å². The number of alkyl halides is 1. The molecule has 2 aromatic carbocycles. The Morgan fingerprint density at radius 2 is 1.92 bits per heavy atom. The number of nitrogens with one attached hydrogen (secondary N) is 2. The molecule has 0 fully saturated rings. The lowest BCUT2D eigenvalue weighted by Crippen LogP contribution is -2.17. The number of carbonyl (C=O) groups excluding carboxylic acids is 2. The van der Waals surface area contributed by atoms with E-state index in [9.17, 15) is 14.9 Å². The summed E-state index contributed by atoms with van der Waals surface area (Å²) in [5.74, 6) is 0.0348. The summed E-state index contributed by atoms with van der Waals surface area (Å²) in [7, 11) is 0. The highest BCUT2D eigenvalue weighted by Crippen LogP contribution is 2.30. The molecule has 4 rings (SSSR count). The smallest absolute Gasteiger partial charge is 0.255 e. The first-order valence-electron chi connectivity index (χ1n) is 10.9. The zero-order chi connectivity index (χ0) is 25.9. The van der Waals surface area contributed by atoms with Crippen molar-refractivity contribution in [3.63, 3.8) is 0 Å². The highest BCUT2D eigenvalue weighted by Gasteiger charge is 2.21. The van der Waals surface area contributed by atoms with Gasteiger partial charge in [0.25, 0.3) is 5.91 Å². The molecule has 2 amide bonds. The number of fused-ring (bicyclic) bond motifs is 1. The lowest BCUT2D eigenvalue weighted by Gasteiger charge is -2.17. The molecule has 0 saturated carbocycles. The first-order chi connectivity index (χ1) is 17.2. The maximum Gasteiger partial charge on any atom is 0.255 e. The molecule has 0 atom stereocenters. The molecule has 10 heteroatoms. The van der Waals surface area contributed by atoms with E-state index in [1.165, 1.54) is 11.3 Å².